The predicted octanol–water partition coefficient (Wildman–Crippen LogP) is 4.73. The van der Waals surface area contributed by atoms with Crippen molar-refractivity contribution >= 4 is 51.1 Å². The molecule has 0 saturated carbocycles. The van der Waals surface area contributed by atoms with E-state index in [2.05, 4.69) is 15.9 Å². The first kappa shape index (κ1) is 18.3. The molecule has 2 rings (SSSR count). The highest BCUT2D eigenvalue weighted by molar-refractivity contribution is 9.10. The molecule has 0 aromatic heterocycles. The summed E-state index contributed by atoms with van der Waals surface area (Å²) in [5.74, 6) is -0.179. The van der Waals surface area contributed by atoms with Crippen molar-refractivity contribution in [2.45, 2.75) is 6.61 Å². The van der Waals surface area contributed by atoms with Crippen LogP contribution in [0, 0.1) is 11.3 Å². The van der Waals surface area contributed by atoms with Gasteiger partial charge in [-0.2, -0.15) is 5.26 Å². The van der Waals surface area contributed by atoms with Crippen molar-refractivity contribution in [3.63, 3.8) is 0 Å². The van der Waals surface area contributed by atoms with E-state index in [1.165, 1.54) is 6.08 Å². The Bertz CT molecular complexity index is 860. The van der Waals surface area contributed by atoms with Gasteiger partial charge in [-0.1, -0.05) is 35.3 Å². The van der Waals surface area contributed by atoms with Crippen LogP contribution in [0.2, 0.25) is 10.0 Å². The molecule has 0 unspecified atom stereocenters. The topological polar surface area (TPSA) is 76.1 Å². The van der Waals surface area contributed by atoms with Gasteiger partial charge in [0.15, 0.2) is 0 Å². The van der Waals surface area contributed by atoms with Crippen LogP contribution in [0.15, 0.2) is 46.4 Å². The average molecular weight is 426 g/mol. The van der Waals surface area contributed by atoms with Gasteiger partial charge in [0.05, 0.1) is 4.47 Å². The fourth-order valence-corrected chi connectivity index (χ4v) is 2.82. The van der Waals surface area contributed by atoms with E-state index in [-0.39, 0.29) is 12.2 Å². The molecule has 0 bridgehead atoms. The van der Waals surface area contributed by atoms with Crippen LogP contribution in [0.25, 0.3) is 6.08 Å². The van der Waals surface area contributed by atoms with Crippen LogP contribution in [-0.4, -0.2) is 5.91 Å². The largest absolute Gasteiger partial charge is 0.488 e. The number of hydrogen-bond donors (Lipinski definition) is 1. The standard InChI is InChI=1S/C17H11BrCl2N2O2/c18-14-6-10(5-12(8-21)17(22)23)1-4-16(14)24-9-11-2-3-13(19)7-15(11)20/h1-7H,9H2,(H2,22,23)/b12-5+. The highest BCUT2D eigenvalue weighted by Gasteiger charge is 2.07. The van der Waals surface area contributed by atoms with Crippen LogP contribution < -0.4 is 10.5 Å². The van der Waals surface area contributed by atoms with Gasteiger partial charge >= 0.3 is 0 Å². The zero-order valence-corrected chi connectivity index (χ0v) is 15.3. The third-order valence-corrected chi connectivity index (χ3v) is 4.26. The summed E-state index contributed by atoms with van der Waals surface area (Å²) >= 11 is 15.4. The Morgan fingerprint density at radius 3 is 2.62 bits per heavy atom. The molecule has 0 aliphatic heterocycles. The molecular formula is C17H11BrCl2N2O2. The van der Waals surface area contributed by atoms with Crippen LogP contribution >= 0.6 is 39.1 Å². The molecular weight excluding hydrogens is 415 g/mol. The first-order chi connectivity index (χ1) is 11.4. The second-order valence-electron chi connectivity index (χ2n) is 4.75. The van der Waals surface area contributed by atoms with Gasteiger partial charge in [-0.25, -0.2) is 0 Å². The van der Waals surface area contributed by atoms with Crippen molar-refractivity contribution in [2.24, 2.45) is 5.73 Å². The lowest BCUT2D eigenvalue weighted by Gasteiger charge is -2.10. The summed E-state index contributed by atoms with van der Waals surface area (Å²) < 4.78 is 6.40. The van der Waals surface area contributed by atoms with Crippen LogP contribution in [0.1, 0.15) is 11.1 Å². The van der Waals surface area contributed by atoms with Crippen molar-refractivity contribution in [3.8, 4) is 11.8 Å². The molecule has 24 heavy (non-hydrogen) atoms. The number of amides is 1. The quantitative estimate of drug-likeness (QED) is 0.555. The van der Waals surface area contributed by atoms with E-state index in [1.54, 1.807) is 42.5 Å². The van der Waals surface area contributed by atoms with Crippen molar-refractivity contribution in [1.82, 2.24) is 0 Å². The number of nitrogens with two attached hydrogens (primary N) is 1. The minimum Gasteiger partial charge on any atom is -0.488 e. The fourth-order valence-electron chi connectivity index (χ4n) is 1.84. The number of carbonyl (C=O) groups is 1. The number of benzene rings is 2. The first-order valence-corrected chi connectivity index (χ1v) is 8.23. The minimum absolute atomic E-state index is 0.122. The molecule has 0 aliphatic carbocycles. The van der Waals surface area contributed by atoms with Gasteiger partial charge in [-0.3, -0.25) is 4.79 Å². The third kappa shape index (κ3) is 4.75. The van der Waals surface area contributed by atoms with Crippen LogP contribution in [-0.2, 0) is 11.4 Å². The molecule has 2 aromatic rings. The fraction of sp³-hybridized carbons (Fsp3) is 0.0588. The van der Waals surface area contributed by atoms with Crippen LogP contribution in [0.3, 0.4) is 0 Å². The zero-order chi connectivity index (χ0) is 17.7. The molecule has 7 heteroatoms. The Kier molecular flexibility index (Phi) is 6.27. The maximum absolute atomic E-state index is 11.1. The number of rotatable bonds is 5. The maximum Gasteiger partial charge on any atom is 0.259 e. The summed E-state index contributed by atoms with van der Waals surface area (Å²) in [6.07, 6.45) is 1.41. The van der Waals surface area contributed by atoms with Crippen molar-refractivity contribution < 1.29 is 9.53 Å². The van der Waals surface area contributed by atoms with Gasteiger partial charge in [-0.05, 0) is 51.8 Å². The summed E-state index contributed by atoms with van der Waals surface area (Å²) in [6.45, 7) is 0.272. The van der Waals surface area contributed by atoms with E-state index in [0.29, 0.717) is 25.8 Å². The summed E-state index contributed by atoms with van der Waals surface area (Å²) in [6, 6.07) is 12.1. The molecule has 0 fully saturated rings. The van der Waals surface area contributed by atoms with Crippen molar-refractivity contribution in [3.05, 3.63) is 67.6 Å². The predicted molar refractivity (Wildman–Crippen MR) is 97.7 cm³/mol. The highest BCUT2D eigenvalue weighted by Crippen LogP contribution is 2.29. The van der Waals surface area contributed by atoms with Gasteiger partial charge in [0.2, 0.25) is 0 Å². The van der Waals surface area contributed by atoms with Gasteiger partial charge in [-0.15, -0.1) is 0 Å². The van der Waals surface area contributed by atoms with E-state index < -0.39 is 5.91 Å². The molecule has 2 N–H and O–H groups in total. The SMILES string of the molecule is N#C/C(=C\c1ccc(OCc2ccc(Cl)cc2Cl)c(Br)c1)C(N)=O. The molecule has 2 aromatic carbocycles. The van der Waals surface area contributed by atoms with Gasteiger partial charge in [0.25, 0.3) is 5.91 Å². The minimum atomic E-state index is -0.772. The third-order valence-electron chi connectivity index (χ3n) is 3.05. The van der Waals surface area contributed by atoms with Gasteiger partial charge in [0.1, 0.15) is 24.0 Å². The Hall–Kier alpha value is -2.00. The first-order valence-electron chi connectivity index (χ1n) is 6.68. The van der Waals surface area contributed by atoms with Gasteiger partial charge in [0, 0.05) is 15.6 Å². The van der Waals surface area contributed by atoms with Crippen LogP contribution in [0.4, 0.5) is 0 Å². The van der Waals surface area contributed by atoms with E-state index in [1.807, 2.05) is 0 Å². The lowest BCUT2D eigenvalue weighted by molar-refractivity contribution is -0.114. The maximum atomic E-state index is 11.1. The Morgan fingerprint density at radius 2 is 2.04 bits per heavy atom. The molecule has 0 aliphatic rings. The number of ether oxygens (including phenoxy) is 1. The van der Waals surface area contributed by atoms with Crippen molar-refractivity contribution in [2.75, 3.05) is 0 Å². The summed E-state index contributed by atoms with van der Waals surface area (Å²) in [5, 5.41) is 9.95. The summed E-state index contributed by atoms with van der Waals surface area (Å²) in [5.41, 5.74) is 6.44. The smallest absolute Gasteiger partial charge is 0.259 e. The second kappa shape index (κ2) is 8.20. The monoisotopic (exact) mass is 424 g/mol. The molecule has 4 nitrogen and oxygen atoms in total. The highest BCUT2D eigenvalue weighted by atomic mass is 79.9. The summed E-state index contributed by atoms with van der Waals surface area (Å²) in [4.78, 5) is 11.1. The normalized spacial score (nSPS) is 11.0. The number of nitrogens with zero attached hydrogens (tertiary/aromatic N) is 1. The number of carbonyl (C=O) groups excluding carboxylic acids is 1. The molecule has 0 saturated heterocycles. The molecule has 0 heterocycles. The molecule has 0 spiro atoms. The van der Waals surface area contributed by atoms with E-state index in [4.69, 9.17) is 38.9 Å². The van der Waals surface area contributed by atoms with E-state index in [0.717, 1.165) is 5.56 Å². The van der Waals surface area contributed by atoms with E-state index in [9.17, 15) is 4.79 Å². The summed E-state index contributed by atoms with van der Waals surface area (Å²) in [7, 11) is 0. The Morgan fingerprint density at radius 1 is 1.29 bits per heavy atom. The zero-order valence-electron chi connectivity index (χ0n) is 12.2. The Balaban J connectivity index is 2.16. The molecule has 1 amide bonds. The van der Waals surface area contributed by atoms with Crippen molar-refractivity contribution in [1.29, 1.82) is 5.26 Å². The van der Waals surface area contributed by atoms with Crippen LogP contribution in [0.5, 0.6) is 5.75 Å². The number of halogens is 3. The molecule has 122 valence electrons. The molecule has 0 radical (unpaired) electrons. The lowest BCUT2D eigenvalue weighted by atomic mass is 10.1. The Labute approximate surface area is 157 Å². The number of hydrogen-bond acceptors (Lipinski definition) is 3. The number of primary amides is 1. The molecule has 0 atom stereocenters. The van der Waals surface area contributed by atoms with Gasteiger partial charge < -0.3 is 10.5 Å². The average Bonchev–Trinajstić information content (AvgIpc) is 2.53. The lowest BCUT2D eigenvalue weighted by Crippen LogP contribution is -2.12. The number of nitriles is 1. The van der Waals surface area contributed by atoms with E-state index >= 15 is 0 Å². The second-order valence-corrected chi connectivity index (χ2v) is 6.45.